The van der Waals surface area contributed by atoms with Crippen LogP contribution in [0.2, 0.25) is 0 Å². The molecular weight excluding hydrogens is 160 g/mol. The van der Waals surface area contributed by atoms with Crippen LogP contribution in [0.15, 0.2) is 0 Å². The van der Waals surface area contributed by atoms with E-state index in [0.29, 0.717) is 18.1 Å². The SMILES string of the molecule is CCC1CC(N)C(CC)N1C(C)C. The Labute approximate surface area is 82.5 Å². The van der Waals surface area contributed by atoms with Crippen LogP contribution < -0.4 is 5.73 Å². The molecule has 3 atom stereocenters. The molecular formula is C11H24N2. The highest BCUT2D eigenvalue weighted by Crippen LogP contribution is 2.29. The van der Waals surface area contributed by atoms with Gasteiger partial charge < -0.3 is 5.73 Å². The lowest BCUT2D eigenvalue weighted by Gasteiger charge is -2.33. The minimum absolute atomic E-state index is 0.400. The zero-order valence-electron chi connectivity index (χ0n) is 9.46. The molecule has 0 aliphatic carbocycles. The second-order valence-electron chi connectivity index (χ2n) is 4.48. The summed E-state index contributed by atoms with van der Waals surface area (Å²) in [4.78, 5) is 2.62. The lowest BCUT2D eigenvalue weighted by atomic mass is 10.1. The molecule has 0 radical (unpaired) electrons. The van der Waals surface area contributed by atoms with Crippen LogP contribution in [0, 0.1) is 0 Å². The van der Waals surface area contributed by atoms with Gasteiger partial charge in [-0.2, -0.15) is 0 Å². The van der Waals surface area contributed by atoms with Crippen LogP contribution in [-0.2, 0) is 0 Å². The van der Waals surface area contributed by atoms with Crippen LogP contribution in [0.3, 0.4) is 0 Å². The van der Waals surface area contributed by atoms with E-state index in [4.69, 9.17) is 5.73 Å². The molecule has 0 spiro atoms. The van der Waals surface area contributed by atoms with Crippen molar-refractivity contribution in [3.63, 3.8) is 0 Å². The summed E-state index contributed by atoms with van der Waals surface area (Å²) >= 11 is 0. The Kier molecular flexibility index (Phi) is 3.74. The van der Waals surface area contributed by atoms with Gasteiger partial charge in [0.05, 0.1) is 0 Å². The quantitative estimate of drug-likeness (QED) is 0.727. The van der Waals surface area contributed by atoms with Gasteiger partial charge in [0.1, 0.15) is 0 Å². The molecule has 1 aliphatic rings. The average molecular weight is 184 g/mol. The van der Waals surface area contributed by atoms with E-state index in [1.807, 2.05) is 0 Å². The summed E-state index contributed by atoms with van der Waals surface area (Å²) in [7, 11) is 0. The zero-order chi connectivity index (χ0) is 10.0. The van der Waals surface area contributed by atoms with Crippen molar-refractivity contribution in [3.8, 4) is 0 Å². The highest BCUT2D eigenvalue weighted by atomic mass is 15.3. The van der Waals surface area contributed by atoms with Crippen molar-refractivity contribution in [1.82, 2.24) is 4.90 Å². The molecule has 1 fully saturated rings. The standard InChI is InChI=1S/C11H24N2/c1-5-9-7-10(12)11(6-2)13(9)8(3)4/h8-11H,5-7,12H2,1-4H3. The van der Waals surface area contributed by atoms with E-state index in [1.165, 1.54) is 19.3 Å². The number of rotatable bonds is 3. The molecule has 0 aromatic carbocycles. The highest BCUT2D eigenvalue weighted by Gasteiger charge is 2.38. The first kappa shape index (κ1) is 11.0. The molecule has 1 rings (SSSR count). The van der Waals surface area contributed by atoms with Crippen LogP contribution >= 0.6 is 0 Å². The molecule has 2 nitrogen and oxygen atoms in total. The first-order valence-electron chi connectivity index (χ1n) is 5.64. The predicted octanol–water partition coefficient (Wildman–Crippen LogP) is 1.98. The molecule has 2 heteroatoms. The van der Waals surface area contributed by atoms with Crippen LogP contribution in [-0.4, -0.2) is 29.1 Å². The van der Waals surface area contributed by atoms with E-state index >= 15 is 0 Å². The zero-order valence-corrected chi connectivity index (χ0v) is 9.46. The lowest BCUT2D eigenvalue weighted by molar-refractivity contribution is 0.138. The number of hydrogen-bond acceptors (Lipinski definition) is 2. The molecule has 0 amide bonds. The van der Waals surface area contributed by atoms with Gasteiger partial charge >= 0.3 is 0 Å². The van der Waals surface area contributed by atoms with Gasteiger partial charge in [-0.05, 0) is 33.1 Å². The van der Waals surface area contributed by atoms with E-state index in [-0.39, 0.29) is 0 Å². The van der Waals surface area contributed by atoms with Gasteiger partial charge in [-0.1, -0.05) is 13.8 Å². The fourth-order valence-corrected chi connectivity index (χ4v) is 2.78. The second-order valence-corrected chi connectivity index (χ2v) is 4.48. The van der Waals surface area contributed by atoms with E-state index in [9.17, 15) is 0 Å². The van der Waals surface area contributed by atoms with Gasteiger partial charge in [-0.25, -0.2) is 0 Å². The lowest BCUT2D eigenvalue weighted by Crippen LogP contribution is -2.44. The summed E-state index contributed by atoms with van der Waals surface area (Å²) in [5.74, 6) is 0. The predicted molar refractivity (Wildman–Crippen MR) is 57.7 cm³/mol. The summed E-state index contributed by atoms with van der Waals surface area (Å²) in [6, 6.07) is 2.38. The number of nitrogens with two attached hydrogens (primary N) is 1. The second kappa shape index (κ2) is 4.43. The third-order valence-corrected chi connectivity index (χ3v) is 3.33. The maximum absolute atomic E-state index is 6.14. The first-order valence-corrected chi connectivity index (χ1v) is 5.64. The van der Waals surface area contributed by atoms with Crippen molar-refractivity contribution in [3.05, 3.63) is 0 Å². The summed E-state index contributed by atoms with van der Waals surface area (Å²) in [5, 5.41) is 0. The molecule has 1 aliphatic heterocycles. The molecule has 0 aromatic rings. The minimum Gasteiger partial charge on any atom is -0.326 e. The molecule has 0 aromatic heterocycles. The molecule has 1 saturated heterocycles. The monoisotopic (exact) mass is 184 g/mol. The van der Waals surface area contributed by atoms with Gasteiger partial charge in [0.15, 0.2) is 0 Å². The summed E-state index contributed by atoms with van der Waals surface area (Å²) in [5.41, 5.74) is 6.14. The topological polar surface area (TPSA) is 29.3 Å². The van der Waals surface area contributed by atoms with Gasteiger partial charge in [0.25, 0.3) is 0 Å². The molecule has 3 unspecified atom stereocenters. The molecule has 78 valence electrons. The smallest absolute Gasteiger partial charge is 0.0250 e. The maximum Gasteiger partial charge on any atom is 0.0250 e. The van der Waals surface area contributed by atoms with Crippen molar-refractivity contribution in [2.45, 2.75) is 71.1 Å². The van der Waals surface area contributed by atoms with Crippen LogP contribution in [0.25, 0.3) is 0 Å². The summed E-state index contributed by atoms with van der Waals surface area (Å²) in [6.07, 6.45) is 3.62. The fourth-order valence-electron chi connectivity index (χ4n) is 2.78. The van der Waals surface area contributed by atoms with E-state index in [1.54, 1.807) is 0 Å². The van der Waals surface area contributed by atoms with Gasteiger partial charge in [-0.15, -0.1) is 0 Å². The van der Waals surface area contributed by atoms with Crippen LogP contribution in [0.4, 0.5) is 0 Å². The minimum atomic E-state index is 0.400. The molecule has 13 heavy (non-hydrogen) atoms. The molecule has 2 N–H and O–H groups in total. The number of nitrogens with zero attached hydrogens (tertiary/aromatic N) is 1. The van der Waals surface area contributed by atoms with E-state index in [0.717, 1.165) is 6.04 Å². The first-order chi connectivity index (χ1) is 6.11. The normalized spacial score (nSPS) is 36.0. The largest absolute Gasteiger partial charge is 0.326 e. The Morgan fingerprint density at radius 1 is 1.31 bits per heavy atom. The van der Waals surface area contributed by atoms with Crippen molar-refractivity contribution in [2.24, 2.45) is 5.73 Å². The fraction of sp³-hybridized carbons (Fsp3) is 1.00. The molecule has 0 bridgehead atoms. The van der Waals surface area contributed by atoms with Crippen LogP contribution in [0.1, 0.15) is 47.0 Å². The van der Waals surface area contributed by atoms with Crippen LogP contribution in [0.5, 0.6) is 0 Å². The molecule has 0 saturated carbocycles. The third-order valence-electron chi connectivity index (χ3n) is 3.33. The summed E-state index contributed by atoms with van der Waals surface area (Å²) in [6.45, 7) is 9.08. The van der Waals surface area contributed by atoms with Gasteiger partial charge in [0.2, 0.25) is 0 Å². The van der Waals surface area contributed by atoms with E-state index < -0.39 is 0 Å². The molecule has 1 heterocycles. The summed E-state index contributed by atoms with van der Waals surface area (Å²) < 4.78 is 0. The Balaban J connectivity index is 2.71. The Morgan fingerprint density at radius 3 is 2.31 bits per heavy atom. The number of hydrogen-bond donors (Lipinski definition) is 1. The maximum atomic E-state index is 6.14. The Bertz CT molecular complexity index is 156. The van der Waals surface area contributed by atoms with E-state index in [2.05, 4.69) is 32.6 Å². The van der Waals surface area contributed by atoms with Crippen molar-refractivity contribution in [1.29, 1.82) is 0 Å². The third kappa shape index (κ3) is 2.05. The van der Waals surface area contributed by atoms with Gasteiger partial charge in [-0.3, -0.25) is 4.90 Å². The Morgan fingerprint density at radius 2 is 1.92 bits per heavy atom. The van der Waals surface area contributed by atoms with Crippen molar-refractivity contribution < 1.29 is 0 Å². The van der Waals surface area contributed by atoms with Gasteiger partial charge in [0, 0.05) is 24.2 Å². The Hall–Kier alpha value is -0.0800. The van der Waals surface area contributed by atoms with Crippen molar-refractivity contribution >= 4 is 0 Å². The highest BCUT2D eigenvalue weighted by molar-refractivity contribution is 4.96. The average Bonchev–Trinajstić information content (AvgIpc) is 2.41. The van der Waals surface area contributed by atoms with Crippen molar-refractivity contribution in [2.75, 3.05) is 0 Å². The number of likely N-dealkylation sites (tertiary alicyclic amines) is 1.